The lowest BCUT2D eigenvalue weighted by molar-refractivity contribution is -0.115. The molecule has 3 rings (SSSR count). The van der Waals surface area contributed by atoms with Crippen molar-refractivity contribution < 1.29 is 14.3 Å². The average molecular weight is 409 g/mol. The van der Waals surface area contributed by atoms with Gasteiger partial charge in [-0.15, -0.1) is 0 Å². The molecule has 0 atom stereocenters. The molecular weight excluding hydrogens is 395 g/mol. The van der Waals surface area contributed by atoms with Crippen molar-refractivity contribution >= 4 is 57.8 Å². The van der Waals surface area contributed by atoms with Gasteiger partial charge in [0, 0.05) is 21.7 Å². The first-order chi connectivity index (χ1) is 12.5. The van der Waals surface area contributed by atoms with Crippen LogP contribution in [0.1, 0.15) is 5.56 Å². The van der Waals surface area contributed by atoms with Gasteiger partial charge >= 0.3 is 0 Å². The van der Waals surface area contributed by atoms with Gasteiger partial charge in [-0.25, -0.2) is 4.99 Å². The van der Waals surface area contributed by atoms with Crippen LogP contribution in [0.25, 0.3) is 6.08 Å². The highest BCUT2D eigenvalue weighted by Gasteiger charge is 2.24. The summed E-state index contributed by atoms with van der Waals surface area (Å²) in [6, 6.07) is 10.3. The molecule has 1 aliphatic heterocycles. The smallest absolute Gasteiger partial charge is 0.264 e. The van der Waals surface area contributed by atoms with E-state index in [1.54, 1.807) is 50.6 Å². The first kappa shape index (κ1) is 18.6. The van der Waals surface area contributed by atoms with E-state index in [2.05, 4.69) is 10.3 Å². The van der Waals surface area contributed by atoms with Crippen LogP contribution in [0.2, 0.25) is 10.0 Å². The molecule has 1 saturated heterocycles. The maximum absolute atomic E-state index is 12.2. The van der Waals surface area contributed by atoms with Crippen molar-refractivity contribution in [2.45, 2.75) is 0 Å². The molecule has 0 radical (unpaired) electrons. The quantitative estimate of drug-likeness (QED) is 0.730. The molecular formula is C18H14Cl2N2O3S. The minimum absolute atomic E-state index is 0.236. The van der Waals surface area contributed by atoms with E-state index in [1.165, 1.54) is 11.8 Å². The van der Waals surface area contributed by atoms with E-state index < -0.39 is 0 Å². The van der Waals surface area contributed by atoms with E-state index in [9.17, 15) is 4.79 Å². The molecule has 0 saturated carbocycles. The normalized spacial score (nSPS) is 16.8. The molecule has 1 aliphatic rings. The summed E-state index contributed by atoms with van der Waals surface area (Å²) in [6.45, 7) is 0. The van der Waals surface area contributed by atoms with E-state index >= 15 is 0 Å². The highest BCUT2D eigenvalue weighted by Crippen LogP contribution is 2.33. The van der Waals surface area contributed by atoms with Gasteiger partial charge in [-0.1, -0.05) is 23.2 Å². The van der Waals surface area contributed by atoms with Gasteiger partial charge in [0.1, 0.15) is 11.5 Å². The number of nitrogens with zero attached hydrogens (tertiary/aromatic N) is 1. The van der Waals surface area contributed by atoms with E-state index in [-0.39, 0.29) is 5.91 Å². The number of hydrogen-bond donors (Lipinski definition) is 1. The van der Waals surface area contributed by atoms with Gasteiger partial charge in [-0.2, -0.15) is 0 Å². The highest BCUT2D eigenvalue weighted by atomic mass is 35.5. The number of methoxy groups -OCH3 is 2. The van der Waals surface area contributed by atoms with Gasteiger partial charge in [0.05, 0.1) is 24.8 Å². The number of aliphatic imine (C=N–C) groups is 1. The van der Waals surface area contributed by atoms with Gasteiger partial charge in [-0.05, 0) is 48.2 Å². The summed E-state index contributed by atoms with van der Waals surface area (Å²) < 4.78 is 10.5. The molecule has 0 unspecified atom stereocenters. The second-order valence-electron chi connectivity index (χ2n) is 5.22. The summed E-state index contributed by atoms with van der Waals surface area (Å²) in [5, 5.41) is 4.13. The first-order valence-corrected chi connectivity index (χ1v) is 9.03. The van der Waals surface area contributed by atoms with Crippen molar-refractivity contribution in [2.75, 3.05) is 14.2 Å². The fourth-order valence-electron chi connectivity index (χ4n) is 2.28. The van der Waals surface area contributed by atoms with Gasteiger partial charge < -0.3 is 14.8 Å². The van der Waals surface area contributed by atoms with E-state index in [0.717, 1.165) is 5.56 Å². The van der Waals surface area contributed by atoms with Crippen molar-refractivity contribution in [3.63, 3.8) is 0 Å². The molecule has 1 N–H and O–H groups in total. The Bertz CT molecular complexity index is 908. The second kappa shape index (κ2) is 8.03. The van der Waals surface area contributed by atoms with Crippen LogP contribution < -0.4 is 14.8 Å². The number of ether oxygens (including phenoxy) is 2. The third kappa shape index (κ3) is 4.33. The van der Waals surface area contributed by atoms with Crippen molar-refractivity contribution in [3.05, 3.63) is 56.9 Å². The fourth-order valence-corrected chi connectivity index (χ4v) is 3.63. The number of hydrogen-bond acceptors (Lipinski definition) is 5. The molecule has 2 aromatic rings. The fraction of sp³-hybridized carbons (Fsp3) is 0.111. The molecule has 8 heteroatoms. The summed E-state index contributed by atoms with van der Waals surface area (Å²) in [4.78, 5) is 17.1. The van der Waals surface area contributed by atoms with Crippen LogP contribution in [0.15, 0.2) is 46.3 Å². The molecule has 1 fully saturated rings. The van der Waals surface area contributed by atoms with E-state index in [4.69, 9.17) is 32.7 Å². The second-order valence-corrected chi connectivity index (χ2v) is 7.12. The van der Waals surface area contributed by atoms with Gasteiger partial charge in [0.2, 0.25) is 0 Å². The van der Waals surface area contributed by atoms with Gasteiger partial charge in [0.25, 0.3) is 5.91 Å². The Morgan fingerprint density at radius 1 is 1.08 bits per heavy atom. The monoisotopic (exact) mass is 408 g/mol. The Labute approximate surface area is 165 Å². The minimum Gasteiger partial charge on any atom is -0.497 e. The number of halogens is 2. The molecule has 0 aromatic heterocycles. The molecule has 5 nitrogen and oxygen atoms in total. The van der Waals surface area contributed by atoms with Crippen LogP contribution in [0.3, 0.4) is 0 Å². The number of thioether (sulfide) groups is 1. The Hall–Kier alpha value is -2.15. The maximum Gasteiger partial charge on any atom is 0.264 e. The molecule has 0 bridgehead atoms. The number of amidine groups is 1. The zero-order valence-corrected chi connectivity index (χ0v) is 16.2. The van der Waals surface area contributed by atoms with Crippen LogP contribution in [-0.2, 0) is 4.79 Å². The number of nitrogens with one attached hydrogen (secondary N) is 1. The third-order valence-corrected chi connectivity index (χ3v) is 4.80. The number of rotatable bonds is 4. The number of benzene rings is 2. The lowest BCUT2D eigenvalue weighted by Crippen LogP contribution is -2.19. The Kier molecular flexibility index (Phi) is 5.76. The van der Waals surface area contributed by atoms with Crippen LogP contribution >= 0.6 is 35.0 Å². The zero-order valence-electron chi connectivity index (χ0n) is 13.9. The van der Waals surface area contributed by atoms with E-state index in [0.29, 0.717) is 37.3 Å². The minimum atomic E-state index is -0.236. The summed E-state index contributed by atoms with van der Waals surface area (Å²) >= 11 is 13.2. The first-order valence-electron chi connectivity index (χ1n) is 7.46. The Balaban J connectivity index is 1.88. The average Bonchev–Trinajstić information content (AvgIpc) is 2.93. The number of carbonyl (C=O) groups excluding carboxylic acids is 1. The van der Waals surface area contributed by atoms with Gasteiger partial charge in [0.15, 0.2) is 5.17 Å². The van der Waals surface area contributed by atoms with Crippen molar-refractivity contribution in [1.29, 1.82) is 0 Å². The maximum atomic E-state index is 12.2. The summed E-state index contributed by atoms with van der Waals surface area (Å²) in [5.74, 6) is 1.05. The largest absolute Gasteiger partial charge is 0.497 e. The summed E-state index contributed by atoms with van der Waals surface area (Å²) in [7, 11) is 3.15. The summed E-state index contributed by atoms with van der Waals surface area (Å²) in [5.41, 5.74) is 1.33. The van der Waals surface area contributed by atoms with E-state index in [1.807, 2.05) is 6.07 Å². The third-order valence-electron chi connectivity index (χ3n) is 3.46. The standard InChI is InChI=1S/C18H14Cl2N2O3S/c1-24-14-4-3-10(15(9-14)25-2)5-16-17(23)22-18(26-16)21-13-7-11(19)6-12(20)8-13/h3-9H,1-2H3,(H,21,22,23)/b16-5-. The molecule has 134 valence electrons. The predicted molar refractivity (Wildman–Crippen MR) is 107 cm³/mol. The lowest BCUT2D eigenvalue weighted by Gasteiger charge is -2.07. The number of carbonyl (C=O) groups is 1. The molecule has 0 aliphatic carbocycles. The predicted octanol–water partition coefficient (Wildman–Crippen LogP) is 4.90. The van der Waals surface area contributed by atoms with Crippen molar-refractivity contribution in [1.82, 2.24) is 5.32 Å². The summed E-state index contributed by atoms with van der Waals surface area (Å²) in [6.07, 6.45) is 1.74. The topological polar surface area (TPSA) is 59.9 Å². The lowest BCUT2D eigenvalue weighted by atomic mass is 10.1. The van der Waals surface area contributed by atoms with Crippen LogP contribution in [0.5, 0.6) is 11.5 Å². The van der Waals surface area contributed by atoms with Crippen molar-refractivity contribution in [3.8, 4) is 11.5 Å². The van der Waals surface area contributed by atoms with Crippen LogP contribution in [0, 0.1) is 0 Å². The Morgan fingerprint density at radius 3 is 2.46 bits per heavy atom. The molecule has 2 aromatic carbocycles. The number of amides is 1. The molecule has 26 heavy (non-hydrogen) atoms. The SMILES string of the molecule is COc1ccc(/C=C2\SC(=Nc3cc(Cl)cc(Cl)c3)NC2=O)c(OC)c1. The highest BCUT2D eigenvalue weighted by molar-refractivity contribution is 8.18. The molecule has 0 spiro atoms. The molecule has 1 amide bonds. The van der Waals surface area contributed by atoms with Gasteiger partial charge in [-0.3, -0.25) is 4.79 Å². The molecule has 1 heterocycles. The Morgan fingerprint density at radius 2 is 1.81 bits per heavy atom. The van der Waals surface area contributed by atoms with Crippen LogP contribution in [-0.4, -0.2) is 25.3 Å². The zero-order chi connectivity index (χ0) is 18.7. The van der Waals surface area contributed by atoms with Crippen LogP contribution in [0.4, 0.5) is 5.69 Å². The van der Waals surface area contributed by atoms with Crippen molar-refractivity contribution in [2.24, 2.45) is 4.99 Å².